The molecule has 7 nitrogen and oxygen atoms in total. The van der Waals surface area contributed by atoms with Gasteiger partial charge in [0.2, 0.25) is 5.89 Å². The van der Waals surface area contributed by atoms with Crippen molar-refractivity contribution in [3.63, 3.8) is 0 Å². The van der Waals surface area contributed by atoms with E-state index in [0.717, 1.165) is 17.0 Å². The predicted molar refractivity (Wildman–Crippen MR) is 78.0 cm³/mol. The van der Waals surface area contributed by atoms with Crippen molar-refractivity contribution in [3.8, 4) is 0 Å². The fraction of sp³-hybridized carbons (Fsp3) is 0.429. The highest BCUT2D eigenvalue weighted by Gasteiger charge is 2.19. The Bertz CT molecular complexity index is 767. The van der Waals surface area contributed by atoms with Gasteiger partial charge in [-0.25, -0.2) is 9.50 Å². The Labute approximate surface area is 122 Å². The molecular formula is C14H18N6O. The van der Waals surface area contributed by atoms with E-state index in [2.05, 4.69) is 52.4 Å². The van der Waals surface area contributed by atoms with Gasteiger partial charge in [-0.05, 0) is 6.07 Å². The Morgan fingerprint density at radius 2 is 2.14 bits per heavy atom. The van der Waals surface area contributed by atoms with Crippen LogP contribution in [0.15, 0.2) is 23.0 Å². The lowest BCUT2D eigenvalue weighted by Crippen LogP contribution is -2.11. The van der Waals surface area contributed by atoms with Gasteiger partial charge in [-0.15, -0.1) is 0 Å². The van der Waals surface area contributed by atoms with Crippen molar-refractivity contribution in [2.24, 2.45) is 0 Å². The Morgan fingerprint density at radius 3 is 2.81 bits per heavy atom. The van der Waals surface area contributed by atoms with Crippen molar-refractivity contribution < 1.29 is 4.52 Å². The molecule has 1 N–H and O–H groups in total. The van der Waals surface area contributed by atoms with Crippen LogP contribution in [0.1, 0.15) is 38.2 Å². The summed E-state index contributed by atoms with van der Waals surface area (Å²) in [6.07, 6.45) is 3.56. The Kier molecular flexibility index (Phi) is 3.12. The molecule has 0 aromatic carbocycles. The number of hydrogen-bond acceptors (Lipinski definition) is 6. The van der Waals surface area contributed by atoms with Gasteiger partial charge in [-0.3, -0.25) is 0 Å². The number of nitrogens with zero attached hydrogens (tertiary/aromatic N) is 5. The Hall–Kier alpha value is -2.44. The molecule has 0 unspecified atom stereocenters. The number of aryl methyl sites for hydroxylation is 1. The summed E-state index contributed by atoms with van der Waals surface area (Å²) in [6.45, 7) is 8.63. The highest BCUT2D eigenvalue weighted by atomic mass is 16.5. The zero-order valence-corrected chi connectivity index (χ0v) is 12.6. The third-order valence-electron chi connectivity index (χ3n) is 3.14. The Balaban J connectivity index is 1.89. The van der Waals surface area contributed by atoms with Gasteiger partial charge >= 0.3 is 0 Å². The van der Waals surface area contributed by atoms with E-state index in [1.54, 1.807) is 13.1 Å². The summed E-state index contributed by atoms with van der Waals surface area (Å²) in [5.41, 5.74) is 1.95. The lowest BCUT2D eigenvalue weighted by molar-refractivity contribution is 0.388. The molecule has 0 atom stereocenters. The monoisotopic (exact) mass is 286 g/mol. The molecule has 0 aliphatic carbocycles. The normalized spacial score (nSPS) is 12.0. The average molecular weight is 286 g/mol. The van der Waals surface area contributed by atoms with E-state index in [-0.39, 0.29) is 5.41 Å². The van der Waals surface area contributed by atoms with Gasteiger partial charge in [-0.1, -0.05) is 25.9 Å². The van der Waals surface area contributed by atoms with Crippen LogP contribution in [0.4, 0.5) is 5.82 Å². The van der Waals surface area contributed by atoms with E-state index in [0.29, 0.717) is 18.3 Å². The quantitative estimate of drug-likeness (QED) is 0.796. The number of rotatable bonds is 3. The minimum absolute atomic E-state index is 0.00588. The van der Waals surface area contributed by atoms with Gasteiger partial charge < -0.3 is 9.84 Å². The van der Waals surface area contributed by atoms with Gasteiger partial charge in [0, 0.05) is 24.7 Å². The Morgan fingerprint density at radius 1 is 1.33 bits per heavy atom. The molecule has 3 aromatic heterocycles. The molecule has 0 saturated carbocycles. The standard InChI is InChI=1S/C14H18N6O/c1-9-17-12(19-21-9)8-16-13-10-7-11(14(2,3)4)18-20(10)6-5-15-13/h5-7H,8H2,1-4H3,(H,15,16). The summed E-state index contributed by atoms with van der Waals surface area (Å²) in [7, 11) is 0. The minimum Gasteiger partial charge on any atom is -0.361 e. The second kappa shape index (κ2) is 4.83. The van der Waals surface area contributed by atoms with Crippen LogP contribution in [-0.4, -0.2) is 24.7 Å². The van der Waals surface area contributed by atoms with Crippen LogP contribution in [0.3, 0.4) is 0 Å². The summed E-state index contributed by atoms with van der Waals surface area (Å²) in [4.78, 5) is 8.53. The molecule has 21 heavy (non-hydrogen) atoms. The van der Waals surface area contributed by atoms with Crippen LogP contribution in [0, 0.1) is 6.92 Å². The van der Waals surface area contributed by atoms with Crippen LogP contribution in [-0.2, 0) is 12.0 Å². The van der Waals surface area contributed by atoms with Crippen molar-refractivity contribution in [1.29, 1.82) is 0 Å². The first-order valence-corrected chi connectivity index (χ1v) is 6.81. The summed E-state index contributed by atoms with van der Waals surface area (Å²) in [5.74, 6) is 1.91. The molecule has 0 saturated heterocycles. The molecule has 0 fully saturated rings. The van der Waals surface area contributed by atoms with Crippen molar-refractivity contribution in [1.82, 2.24) is 24.7 Å². The molecule has 0 aliphatic rings. The van der Waals surface area contributed by atoms with Gasteiger partial charge in [0.15, 0.2) is 11.6 Å². The molecular weight excluding hydrogens is 268 g/mol. The topological polar surface area (TPSA) is 81.1 Å². The van der Waals surface area contributed by atoms with E-state index in [4.69, 9.17) is 4.52 Å². The molecule has 0 amide bonds. The minimum atomic E-state index is -0.00588. The second-order valence-electron chi connectivity index (χ2n) is 5.97. The first-order valence-electron chi connectivity index (χ1n) is 6.81. The fourth-order valence-corrected chi connectivity index (χ4v) is 2.00. The summed E-state index contributed by atoms with van der Waals surface area (Å²) in [6, 6.07) is 2.05. The first kappa shape index (κ1) is 13.5. The predicted octanol–water partition coefficient (Wildman–Crippen LogP) is 2.33. The zero-order valence-electron chi connectivity index (χ0n) is 12.6. The van der Waals surface area contributed by atoms with Crippen molar-refractivity contribution in [2.75, 3.05) is 5.32 Å². The SMILES string of the molecule is Cc1nc(CNc2nccn3nc(C(C)(C)C)cc23)no1. The van der Waals surface area contributed by atoms with Crippen LogP contribution in [0.25, 0.3) is 5.52 Å². The molecule has 0 radical (unpaired) electrons. The largest absolute Gasteiger partial charge is 0.361 e. The zero-order chi connectivity index (χ0) is 15.0. The number of anilines is 1. The molecule has 0 bridgehead atoms. The van der Waals surface area contributed by atoms with Gasteiger partial charge in [0.25, 0.3) is 0 Å². The lowest BCUT2D eigenvalue weighted by Gasteiger charge is -2.13. The van der Waals surface area contributed by atoms with Gasteiger partial charge in [0.05, 0.1) is 12.2 Å². The van der Waals surface area contributed by atoms with Crippen LogP contribution >= 0.6 is 0 Å². The van der Waals surface area contributed by atoms with Crippen LogP contribution in [0.5, 0.6) is 0 Å². The third-order valence-corrected chi connectivity index (χ3v) is 3.14. The average Bonchev–Trinajstić information content (AvgIpc) is 3.01. The summed E-state index contributed by atoms with van der Waals surface area (Å²) < 4.78 is 6.78. The maximum absolute atomic E-state index is 4.95. The van der Waals surface area contributed by atoms with Crippen molar-refractivity contribution in [3.05, 3.63) is 35.9 Å². The molecule has 3 heterocycles. The molecule has 0 aliphatic heterocycles. The molecule has 3 aromatic rings. The maximum atomic E-state index is 4.95. The highest BCUT2D eigenvalue weighted by Crippen LogP contribution is 2.24. The van der Waals surface area contributed by atoms with Crippen LogP contribution in [0.2, 0.25) is 0 Å². The smallest absolute Gasteiger partial charge is 0.223 e. The highest BCUT2D eigenvalue weighted by molar-refractivity contribution is 5.68. The third kappa shape index (κ3) is 2.72. The van der Waals surface area contributed by atoms with E-state index in [1.807, 2.05) is 10.7 Å². The van der Waals surface area contributed by atoms with E-state index in [1.165, 1.54) is 0 Å². The second-order valence-corrected chi connectivity index (χ2v) is 5.97. The van der Waals surface area contributed by atoms with E-state index in [9.17, 15) is 0 Å². The van der Waals surface area contributed by atoms with Gasteiger partial charge in [-0.2, -0.15) is 10.1 Å². The van der Waals surface area contributed by atoms with Crippen molar-refractivity contribution in [2.45, 2.75) is 39.7 Å². The fourth-order valence-electron chi connectivity index (χ4n) is 2.00. The summed E-state index contributed by atoms with van der Waals surface area (Å²) in [5, 5.41) is 11.7. The lowest BCUT2D eigenvalue weighted by atomic mass is 9.92. The number of fused-ring (bicyclic) bond motifs is 1. The maximum Gasteiger partial charge on any atom is 0.223 e. The number of aromatic nitrogens is 5. The van der Waals surface area contributed by atoms with E-state index >= 15 is 0 Å². The van der Waals surface area contributed by atoms with Crippen molar-refractivity contribution >= 4 is 11.3 Å². The molecule has 7 heteroatoms. The van der Waals surface area contributed by atoms with Gasteiger partial charge in [0.1, 0.15) is 5.52 Å². The first-order chi connectivity index (χ1) is 9.93. The molecule has 3 rings (SSSR count). The van der Waals surface area contributed by atoms with E-state index < -0.39 is 0 Å². The molecule has 0 spiro atoms. The molecule has 110 valence electrons. The number of hydrogen-bond donors (Lipinski definition) is 1. The number of nitrogens with one attached hydrogen (secondary N) is 1. The van der Waals surface area contributed by atoms with Crippen LogP contribution < -0.4 is 5.32 Å². The summed E-state index contributed by atoms with van der Waals surface area (Å²) >= 11 is 0.